The first-order valence-corrected chi connectivity index (χ1v) is 10.1. The average molecular weight is 436 g/mol. The Hall–Kier alpha value is -2.51. The Morgan fingerprint density at radius 1 is 1.21 bits per heavy atom. The molecule has 2 amide bonds. The van der Waals surface area contributed by atoms with Crippen molar-refractivity contribution in [1.29, 1.82) is 0 Å². The molecule has 0 bridgehead atoms. The lowest BCUT2D eigenvalue weighted by atomic mass is 10.1. The maximum Gasteiger partial charge on any atom is 0.293 e. The average Bonchev–Trinajstić information content (AvgIpc) is 2.96. The van der Waals surface area contributed by atoms with Crippen LogP contribution in [-0.4, -0.2) is 29.7 Å². The molecular formula is C21H19ClFNO4S. The Balaban J connectivity index is 1.82. The summed E-state index contributed by atoms with van der Waals surface area (Å²) in [5.74, 6) is 0.0963. The summed E-state index contributed by atoms with van der Waals surface area (Å²) >= 11 is 7.27. The topological polar surface area (TPSA) is 55.8 Å². The summed E-state index contributed by atoms with van der Waals surface area (Å²) in [5.41, 5.74) is 1.39. The minimum absolute atomic E-state index is 0.186. The van der Waals surface area contributed by atoms with Gasteiger partial charge in [0.05, 0.1) is 17.0 Å². The van der Waals surface area contributed by atoms with Gasteiger partial charge in [-0.15, -0.1) is 0 Å². The minimum Gasteiger partial charge on any atom is -0.493 e. The zero-order chi connectivity index (χ0) is 21.0. The Morgan fingerprint density at radius 3 is 2.59 bits per heavy atom. The number of halogens is 2. The maximum absolute atomic E-state index is 13.0. The van der Waals surface area contributed by atoms with Crippen molar-refractivity contribution >= 4 is 40.6 Å². The molecule has 1 saturated heterocycles. The van der Waals surface area contributed by atoms with Crippen LogP contribution in [0, 0.1) is 5.82 Å². The highest BCUT2D eigenvalue weighted by molar-refractivity contribution is 8.18. The van der Waals surface area contributed by atoms with Crippen LogP contribution < -0.4 is 9.47 Å². The molecule has 152 valence electrons. The SMILES string of the molecule is CCCN1C(=O)S/C(=C/c2cc(Cl)c(OCc3ccc(F)cc3)c(OC)c2)C1=O. The third kappa shape index (κ3) is 4.92. The lowest BCUT2D eigenvalue weighted by molar-refractivity contribution is -0.122. The largest absolute Gasteiger partial charge is 0.493 e. The van der Waals surface area contributed by atoms with E-state index in [9.17, 15) is 14.0 Å². The molecule has 0 unspecified atom stereocenters. The highest BCUT2D eigenvalue weighted by atomic mass is 35.5. The van der Waals surface area contributed by atoms with Gasteiger partial charge in [0.15, 0.2) is 11.5 Å². The quantitative estimate of drug-likeness (QED) is 0.536. The summed E-state index contributed by atoms with van der Waals surface area (Å²) in [7, 11) is 1.48. The Bertz CT molecular complexity index is 962. The van der Waals surface area contributed by atoms with E-state index in [1.807, 2.05) is 6.92 Å². The zero-order valence-electron chi connectivity index (χ0n) is 15.9. The molecule has 1 aliphatic heterocycles. The van der Waals surface area contributed by atoms with E-state index < -0.39 is 0 Å². The van der Waals surface area contributed by atoms with Crippen LogP contribution in [0.15, 0.2) is 41.3 Å². The number of carbonyl (C=O) groups excluding carboxylic acids is 2. The smallest absolute Gasteiger partial charge is 0.293 e. The predicted molar refractivity (Wildman–Crippen MR) is 112 cm³/mol. The lowest BCUT2D eigenvalue weighted by Crippen LogP contribution is -2.28. The van der Waals surface area contributed by atoms with Crippen molar-refractivity contribution in [1.82, 2.24) is 4.90 Å². The zero-order valence-corrected chi connectivity index (χ0v) is 17.5. The first-order chi connectivity index (χ1) is 13.9. The Kier molecular flexibility index (Phi) is 6.82. The van der Waals surface area contributed by atoms with Gasteiger partial charge in [-0.3, -0.25) is 14.5 Å². The number of nitrogens with zero attached hydrogens (tertiary/aromatic N) is 1. The van der Waals surface area contributed by atoms with Crippen LogP contribution in [0.25, 0.3) is 6.08 Å². The Labute approximate surface area is 177 Å². The number of carbonyl (C=O) groups is 2. The van der Waals surface area contributed by atoms with E-state index >= 15 is 0 Å². The van der Waals surface area contributed by atoms with Crippen molar-refractivity contribution in [2.24, 2.45) is 0 Å². The second kappa shape index (κ2) is 9.33. The standard InChI is InChI=1S/C21H19ClFNO4S/c1-3-8-24-20(25)18(29-21(24)26)11-14-9-16(22)19(17(10-14)27-2)28-12-13-4-6-15(23)7-5-13/h4-7,9-11H,3,8,12H2,1-2H3/b18-11+. The molecule has 0 radical (unpaired) electrons. The number of benzene rings is 2. The number of hydrogen-bond acceptors (Lipinski definition) is 5. The van der Waals surface area contributed by atoms with E-state index in [0.29, 0.717) is 40.0 Å². The first kappa shape index (κ1) is 21.2. The van der Waals surface area contributed by atoms with E-state index in [0.717, 1.165) is 17.3 Å². The molecule has 0 spiro atoms. The van der Waals surface area contributed by atoms with Gasteiger partial charge in [-0.25, -0.2) is 4.39 Å². The summed E-state index contributed by atoms with van der Waals surface area (Å²) in [4.78, 5) is 26.0. The molecule has 5 nitrogen and oxygen atoms in total. The van der Waals surface area contributed by atoms with Crippen molar-refractivity contribution in [2.75, 3.05) is 13.7 Å². The van der Waals surface area contributed by atoms with Crippen LogP contribution in [0.4, 0.5) is 9.18 Å². The van der Waals surface area contributed by atoms with Gasteiger partial charge in [-0.2, -0.15) is 0 Å². The lowest BCUT2D eigenvalue weighted by Gasteiger charge is -2.13. The van der Waals surface area contributed by atoms with Crippen LogP contribution in [0.2, 0.25) is 5.02 Å². The summed E-state index contributed by atoms with van der Waals surface area (Å²) in [6.45, 7) is 2.48. The van der Waals surface area contributed by atoms with Crippen LogP contribution in [-0.2, 0) is 11.4 Å². The van der Waals surface area contributed by atoms with Gasteiger partial charge >= 0.3 is 0 Å². The highest BCUT2D eigenvalue weighted by Crippen LogP contribution is 2.39. The van der Waals surface area contributed by atoms with Gasteiger partial charge in [0, 0.05) is 6.54 Å². The van der Waals surface area contributed by atoms with Gasteiger partial charge in [0.25, 0.3) is 11.1 Å². The number of ether oxygens (including phenoxy) is 2. The summed E-state index contributed by atoms with van der Waals surface area (Å²) < 4.78 is 24.2. The molecule has 3 rings (SSSR count). The molecule has 0 N–H and O–H groups in total. The van der Waals surface area contributed by atoms with E-state index in [1.54, 1.807) is 30.3 Å². The molecule has 1 fully saturated rings. The van der Waals surface area contributed by atoms with Gasteiger partial charge in [0.1, 0.15) is 12.4 Å². The van der Waals surface area contributed by atoms with Gasteiger partial charge < -0.3 is 9.47 Å². The van der Waals surface area contributed by atoms with Crippen molar-refractivity contribution in [3.63, 3.8) is 0 Å². The monoisotopic (exact) mass is 435 g/mol. The van der Waals surface area contributed by atoms with E-state index in [-0.39, 0.29) is 23.6 Å². The minimum atomic E-state index is -0.322. The summed E-state index contributed by atoms with van der Waals surface area (Å²) in [6, 6.07) is 9.27. The molecule has 0 aromatic heterocycles. The normalized spacial score (nSPS) is 15.3. The van der Waals surface area contributed by atoms with Crippen molar-refractivity contribution < 1.29 is 23.5 Å². The predicted octanol–water partition coefficient (Wildman–Crippen LogP) is 5.51. The highest BCUT2D eigenvalue weighted by Gasteiger charge is 2.34. The van der Waals surface area contributed by atoms with Crippen LogP contribution in [0.3, 0.4) is 0 Å². The fraction of sp³-hybridized carbons (Fsp3) is 0.238. The number of rotatable bonds is 7. The number of methoxy groups -OCH3 is 1. The number of hydrogen-bond donors (Lipinski definition) is 0. The third-order valence-electron chi connectivity index (χ3n) is 4.17. The van der Waals surface area contributed by atoms with Crippen molar-refractivity contribution in [2.45, 2.75) is 20.0 Å². The van der Waals surface area contributed by atoms with E-state index in [2.05, 4.69) is 0 Å². The van der Waals surface area contributed by atoms with Crippen molar-refractivity contribution in [3.8, 4) is 11.5 Å². The van der Waals surface area contributed by atoms with E-state index in [1.165, 1.54) is 24.1 Å². The van der Waals surface area contributed by atoms with Crippen LogP contribution in [0.5, 0.6) is 11.5 Å². The van der Waals surface area contributed by atoms with Gasteiger partial charge in [-0.1, -0.05) is 30.7 Å². The summed E-state index contributed by atoms with van der Waals surface area (Å²) in [6.07, 6.45) is 2.31. The number of imide groups is 1. The van der Waals surface area contributed by atoms with Crippen molar-refractivity contribution in [3.05, 3.63) is 63.3 Å². The van der Waals surface area contributed by atoms with Crippen LogP contribution >= 0.6 is 23.4 Å². The molecule has 0 atom stereocenters. The first-order valence-electron chi connectivity index (χ1n) is 8.93. The molecule has 8 heteroatoms. The molecular weight excluding hydrogens is 417 g/mol. The molecule has 1 aliphatic rings. The number of amides is 2. The second-order valence-corrected chi connectivity index (χ2v) is 7.68. The molecule has 0 aliphatic carbocycles. The fourth-order valence-corrected chi connectivity index (χ4v) is 3.91. The molecule has 2 aromatic rings. The fourth-order valence-electron chi connectivity index (χ4n) is 2.77. The third-order valence-corrected chi connectivity index (χ3v) is 5.35. The molecule has 29 heavy (non-hydrogen) atoms. The summed E-state index contributed by atoms with van der Waals surface area (Å²) in [5, 5.41) is 0.0194. The van der Waals surface area contributed by atoms with Gasteiger partial charge in [-0.05, 0) is 59.7 Å². The van der Waals surface area contributed by atoms with E-state index in [4.69, 9.17) is 21.1 Å². The van der Waals surface area contributed by atoms with Crippen LogP contribution in [0.1, 0.15) is 24.5 Å². The van der Waals surface area contributed by atoms with Gasteiger partial charge in [0.2, 0.25) is 0 Å². The number of thioether (sulfide) groups is 1. The molecule has 2 aromatic carbocycles. The molecule has 0 saturated carbocycles. The second-order valence-electron chi connectivity index (χ2n) is 6.28. The Morgan fingerprint density at radius 2 is 1.93 bits per heavy atom. The maximum atomic E-state index is 13.0. The molecule has 1 heterocycles.